The molecule has 19 heavy (non-hydrogen) atoms. The van der Waals surface area contributed by atoms with Gasteiger partial charge in [0, 0.05) is 12.2 Å². The second kappa shape index (κ2) is 5.13. The first-order valence-electron chi connectivity index (χ1n) is 6.31. The van der Waals surface area contributed by atoms with Gasteiger partial charge in [-0.25, -0.2) is 13.1 Å². The number of anilines is 1. The van der Waals surface area contributed by atoms with Gasteiger partial charge < -0.3 is 5.73 Å². The zero-order valence-electron chi connectivity index (χ0n) is 12.6. The SMILES string of the molecule is Cc1cc(N)c(C)c(S(=O)(=O)NCC(C)(C)C)c1C. The zero-order chi connectivity index (χ0) is 15.0. The first kappa shape index (κ1) is 16.0. The van der Waals surface area contributed by atoms with Gasteiger partial charge in [0.05, 0.1) is 4.90 Å². The van der Waals surface area contributed by atoms with E-state index in [1.165, 1.54) is 0 Å². The molecule has 0 unspecified atom stereocenters. The van der Waals surface area contributed by atoms with Gasteiger partial charge >= 0.3 is 0 Å². The van der Waals surface area contributed by atoms with Crippen molar-refractivity contribution in [2.75, 3.05) is 12.3 Å². The largest absolute Gasteiger partial charge is 0.398 e. The lowest BCUT2D eigenvalue weighted by Crippen LogP contribution is -2.33. The summed E-state index contributed by atoms with van der Waals surface area (Å²) in [6, 6.07) is 1.81. The Morgan fingerprint density at radius 1 is 1.16 bits per heavy atom. The molecule has 0 aromatic heterocycles. The molecule has 1 rings (SSSR count). The van der Waals surface area contributed by atoms with Crippen molar-refractivity contribution >= 4 is 15.7 Å². The fraction of sp³-hybridized carbons (Fsp3) is 0.571. The number of nitrogen functional groups attached to an aromatic ring is 1. The van der Waals surface area contributed by atoms with Crippen LogP contribution in [0.5, 0.6) is 0 Å². The Kier molecular flexibility index (Phi) is 4.32. The molecule has 0 fully saturated rings. The van der Waals surface area contributed by atoms with Gasteiger partial charge in [-0.05, 0) is 48.9 Å². The topological polar surface area (TPSA) is 72.2 Å². The summed E-state index contributed by atoms with van der Waals surface area (Å²) in [5.74, 6) is 0. The first-order chi connectivity index (χ1) is 8.46. The number of sulfonamides is 1. The molecule has 3 N–H and O–H groups in total. The Morgan fingerprint density at radius 2 is 1.68 bits per heavy atom. The number of nitrogens with two attached hydrogens (primary N) is 1. The molecule has 0 saturated heterocycles. The summed E-state index contributed by atoms with van der Waals surface area (Å²) >= 11 is 0. The second-order valence-corrected chi connectivity index (χ2v) is 7.95. The van der Waals surface area contributed by atoms with E-state index < -0.39 is 10.0 Å². The lowest BCUT2D eigenvalue weighted by Gasteiger charge is -2.21. The molecule has 0 atom stereocenters. The van der Waals surface area contributed by atoms with Gasteiger partial charge in [-0.3, -0.25) is 0 Å². The maximum atomic E-state index is 12.5. The van der Waals surface area contributed by atoms with E-state index in [-0.39, 0.29) is 5.41 Å². The smallest absolute Gasteiger partial charge is 0.241 e. The average molecular weight is 284 g/mol. The first-order valence-corrected chi connectivity index (χ1v) is 7.80. The fourth-order valence-corrected chi connectivity index (χ4v) is 3.68. The molecule has 1 aromatic rings. The summed E-state index contributed by atoms with van der Waals surface area (Å²) in [5, 5.41) is 0. The minimum atomic E-state index is -3.53. The Bertz CT molecular complexity index is 558. The van der Waals surface area contributed by atoms with Gasteiger partial charge in [0.15, 0.2) is 0 Å². The number of rotatable bonds is 3. The summed E-state index contributed by atoms with van der Waals surface area (Å²) in [5.41, 5.74) is 8.54. The molecule has 0 saturated carbocycles. The fourth-order valence-electron chi connectivity index (χ4n) is 1.83. The molecule has 0 spiro atoms. The predicted octanol–water partition coefficient (Wildman–Crippen LogP) is 2.52. The lowest BCUT2D eigenvalue weighted by atomic mass is 9.98. The number of nitrogens with one attached hydrogen (secondary N) is 1. The highest BCUT2D eigenvalue weighted by atomic mass is 32.2. The molecule has 0 aliphatic rings. The van der Waals surface area contributed by atoms with Gasteiger partial charge in [0.25, 0.3) is 0 Å². The Hall–Kier alpha value is -1.07. The van der Waals surface area contributed by atoms with Gasteiger partial charge in [-0.15, -0.1) is 0 Å². The zero-order valence-corrected chi connectivity index (χ0v) is 13.4. The van der Waals surface area contributed by atoms with Crippen LogP contribution < -0.4 is 10.5 Å². The number of hydrogen-bond acceptors (Lipinski definition) is 3. The normalized spacial score (nSPS) is 12.7. The maximum absolute atomic E-state index is 12.5. The van der Waals surface area contributed by atoms with Crippen LogP contribution in [0.3, 0.4) is 0 Å². The van der Waals surface area contributed by atoms with Gasteiger partial charge in [-0.2, -0.15) is 0 Å². The van der Waals surface area contributed by atoms with E-state index in [1.807, 2.05) is 40.7 Å². The second-order valence-electron chi connectivity index (χ2n) is 6.25. The molecule has 0 aliphatic carbocycles. The van der Waals surface area contributed by atoms with Crippen LogP contribution in [-0.4, -0.2) is 15.0 Å². The molecule has 0 amide bonds. The molecular formula is C14H24N2O2S. The van der Waals surface area contributed by atoms with Crippen molar-refractivity contribution in [3.05, 3.63) is 22.8 Å². The third-order valence-electron chi connectivity index (χ3n) is 3.14. The summed E-state index contributed by atoms with van der Waals surface area (Å²) in [6.07, 6.45) is 0. The highest BCUT2D eigenvalue weighted by molar-refractivity contribution is 7.89. The quantitative estimate of drug-likeness (QED) is 0.838. The van der Waals surface area contributed by atoms with Crippen LogP contribution in [0.15, 0.2) is 11.0 Å². The lowest BCUT2D eigenvalue weighted by molar-refractivity contribution is 0.407. The van der Waals surface area contributed by atoms with E-state index in [4.69, 9.17) is 5.73 Å². The van der Waals surface area contributed by atoms with Gasteiger partial charge in [0.2, 0.25) is 10.0 Å². The minimum absolute atomic E-state index is 0.107. The number of benzene rings is 1. The van der Waals surface area contributed by atoms with Crippen molar-refractivity contribution in [2.24, 2.45) is 5.41 Å². The van der Waals surface area contributed by atoms with Crippen molar-refractivity contribution < 1.29 is 8.42 Å². The van der Waals surface area contributed by atoms with Crippen molar-refractivity contribution in [2.45, 2.75) is 46.4 Å². The average Bonchev–Trinajstić information content (AvgIpc) is 2.23. The van der Waals surface area contributed by atoms with E-state index in [0.29, 0.717) is 22.7 Å². The monoisotopic (exact) mass is 284 g/mol. The van der Waals surface area contributed by atoms with E-state index in [2.05, 4.69) is 4.72 Å². The summed E-state index contributed by atoms with van der Waals surface area (Å²) in [7, 11) is -3.53. The molecule has 0 radical (unpaired) electrons. The summed E-state index contributed by atoms with van der Waals surface area (Å²) in [4.78, 5) is 0.314. The highest BCUT2D eigenvalue weighted by Gasteiger charge is 2.24. The van der Waals surface area contributed by atoms with E-state index in [0.717, 1.165) is 11.1 Å². The molecule has 0 bridgehead atoms. The van der Waals surface area contributed by atoms with Gasteiger partial charge in [-0.1, -0.05) is 20.8 Å². The van der Waals surface area contributed by atoms with Crippen LogP contribution in [0.4, 0.5) is 5.69 Å². The van der Waals surface area contributed by atoms with Crippen LogP contribution in [0, 0.1) is 26.2 Å². The molecule has 5 heteroatoms. The third-order valence-corrected chi connectivity index (χ3v) is 4.81. The van der Waals surface area contributed by atoms with Crippen molar-refractivity contribution in [3.8, 4) is 0 Å². The van der Waals surface area contributed by atoms with Crippen LogP contribution in [0.2, 0.25) is 0 Å². The van der Waals surface area contributed by atoms with E-state index >= 15 is 0 Å². The standard InChI is InChI=1S/C14H24N2O2S/c1-9-7-12(15)11(3)13(10(9)2)19(17,18)16-8-14(4,5)6/h7,16H,8,15H2,1-6H3. The highest BCUT2D eigenvalue weighted by Crippen LogP contribution is 2.28. The van der Waals surface area contributed by atoms with Gasteiger partial charge in [0.1, 0.15) is 0 Å². The Labute approximate surface area is 116 Å². The number of hydrogen-bond donors (Lipinski definition) is 2. The van der Waals surface area contributed by atoms with Crippen LogP contribution in [0.1, 0.15) is 37.5 Å². The third kappa shape index (κ3) is 3.70. The molecular weight excluding hydrogens is 260 g/mol. The summed E-state index contributed by atoms with van der Waals surface area (Å²) < 4.78 is 27.6. The summed E-state index contributed by atoms with van der Waals surface area (Å²) in [6.45, 7) is 11.8. The molecule has 108 valence electrons. The van der Waals surface area contributed by atoms with E-state index in [1.54, 1.807) is 6.92 Å². The minimum Gasteiger partial charge on any atom is -0.398 e. The van der Waals surface area contributed by atoms with E-state index in [9.17, 15) is 8.42 Å². The predicted molar refractivity (Wildman–Crippen MR) is 79.7 cm³/mol. The molecule has 4 nitrogen and oxygen atoms in total. The van der Waals surface area contributed by atoms with Crippen LogP contribution in [0.25, 0.3) is 0 Å². The Morgan fingerprint density at radius 3 is 2.16 bits per heavy atom. The molecule has 0 heterocycles. The van der Waals surface area contributed by atoms with Crippen molar-refractivity contribution in [1.82, 2.24) is 4.72 Å². The molecule has 0 aliphatic heterocycles. The number of aryl methyl sites for hydroxylation is 1. The van der Waals surface area contributed by atoms with Crippen LogP contribution >= 0.6 is 0 Å². The van der Waals surface area contributed by atoms with Crippen LogP contribution in [-0.2, 0) is 10.0 Å². The van der Waals surface area contributed by atoms with Crippen molar-refractivity contribution in [1.29, 1.82) is 0 Å². The maximum Gasteiger partial charge on any atom is 0.241 e. The Balaban J connectivity index is 3.30. The van der Waals surface area contributed by atoms with Crippen molar-refractivity contribution in [3.63, 3.8) is 0 Å². The molecule has 1 aromatic carbocycles.